The van der Waals surface area contributed by atoms with Gasteiger partial charge in [-0.2, -0.15) is 0 Å². The average molecular weight is 250 g/mol. The van der Waals surface area contributed by atoms with Crippen LogP contribution in [0.2, 0.25) is 18.1 Å². The van der Waals surface area contributed by atoms with Gasteiger partial charge in [0.15, 0.2) is 0 Å². The van der Waals surface area contributed by atoms with Crippen molar-refractivity contribution in [1.82, 2.24) is 0 Å². The van der Waals surface area contributed by atoms with Crippen LogP contribution in [0.25, 0.3) is 0 Å². The van der Waals surface area contributed by atoms with Crippen molar-refractivity contribution in [3.63, 3.8) is 0 Å². The van der Waals surface area contributed by atoms with E-state index in [0.717, 1.165) is 23.3 Å². The number of carboxylic acid groups (broad SMARTS) is 1. The predicted molar refractivity (Wildman–Crippen MR) is 76.8 cm³/mol. The molecule has 0 aromatic rings. The van der Waals surface area contributed by atoms with E-state index in [2.05, 4.69) is 19.7 Å². The smallest absolute Gasteiger partial charge is 0.330 e. The molecule has 2 nitrogen and oxygen atoms in total. The number of hydrogen-bond acceptors (Lipinski definition) is 1. The van der Waals surface area contributed by atoms with Crippen LogP contribution in [-0.4, -0.2) is 19.1 Å². The first-order valence-electron chi connectivity index (χ1n) is 5.69. The van der Waals surface area contributed by atoms with Gasteiger partial charge in [-0.15, -0.1) is 19.7 Å². The van der Waals surface area contributed by atoms with Gasteiger partial charge in [0.1, 0.15) is 0 Å². The standard InChI is InChI=1S/C14H22O2Si/c1-6-9-17(10-7-2,11-8-3)13(5)12(4)14(15)16/h6-8H,1-3,9-11H2,4-5H3,(H,15,16)/b13-12+. The first kappa shape index (κ1) is 15.6. The Bertz CT molecular complexity index is 327. The summed E-state index contributed by atoms with van der Waals surface area (Å²) in [5, 5.41) is 10.1. The van der Waals surface area contributed by atoms with E-state index in [4.69, 9.17) is 5.11 Å². The van der Waals surface area contributed by atoms with Crippen LogP contribution in [0.4, 0.5) is 0 Å². The molecule has 94 valence electrons. The monoisotopic (exact) mass is 250 g/mol. The Labute approximate surface area is 105 Å². The zero-order valence-electron chi connectivity index (χ0n) is 10.8. The lowest BCUT2D eigenvalue weighted by Gasteiger charge is -2.31. The molecule has 0 fully saturated rings. The van der Waals surface area contributed by atoms with Crippen LogP contribution in [0.15, 0.2) is 48.7 Å². The first-order chi connectivity index (χ1) is 7.95. The minimum absolute atomic E-state index is 0.460. The molecule has 0 spiro atoms. The van der Waals surface area contributed by atoms with E-state index in [9.17, 15) is 4.79 Å². The summed E-state index contributed by atoms with van der Waals surface area (Å²) in [6, 6.07) is 2.59. The Balaban J connectivity index is 5.61. The largest absolute Gasteiger partial charge is 0.478 e. The first-order valence-corrected chi connectivity index (χ1v) is 8.31. The molecule has 0 rings (SSSR count). The highest BCUT2D eigenvalue weighted by Crippen LogP contribution is 2.32. The summed E-state index contributed by atoms with van der Waals surface area (Å²) in [5.41, 5.74) is 0.460. The van der Waals surface area contributed by atoms with Crippen molar-refractivity contribution in [3.8, 4) is 0 Å². The molecule has 3 heteroatoms. The third-order valence-electron chi connectivity index (χ3n) is 3.28. The van der Waals surface area contributed by atoms with Gasteiger partial charge in [-0.05, 0) is 32.0 Å². The Kier molecular flexibility index (Phi) is 6.50. The molecular formula is C14H22O2Si. The van der Waals surface area contributed by atoms with Crippen LogP contribution in [0.3, 0.4) is 0 Å². The fourth-order valence-corrected chi connectivity index (χ4v) is 6.08. The minimum Gasteiger partial charge on any atom is -0.478 e. The Hall–Kier alpha value is -1.35. The van der Waals surface area contributed by atoms with Gasteiger partial charge >= 0.3 is 5.97 Å². The molecule has 0 aliphatic carbocycles. The number of rotatable bonds is 8. The van der Waals surface area contributed by atoms with Crippen molar-refractivity contribution < 1.29 is 9.90 Å². The fraction of sp³-hybridized carbons (Fsp3) is 0.357. The number of allylic oxidation sites excluding steroid dienone is 4. The summed E-state index contributed by atoms with van der Waals surface area (Å²) >= 11 is 0. The van der Waals surface area contributed by atoms with Crippen LogP contribution in [0, 0.1) is 0 Å². The average Bonchev–Trinajstić information content (AvgIpc) is 2.27. The molecule has 17 heavy (non-hydrogen) atoms. The van der Waals surface area contributed by atoms with Gasteiger partial charge in [-0.3, -0.25) is 0 Å². The van der Waals surface area contributed by atoms with E-state index in [0.29, 0.717) is 5.57 Å². The van der Waals surface area contributed by atoms with Crippen molar-refractivity contribution in [2.75, 3.05) is 0 Å². The van der Waals surface area contributed by atoms with Gasteiger partial charge in [-0.25, -0.2) is 4.79 Å². The van der Waals surface area contributed by atoms with E-state index in [1.165, 1.54) is 0 Å². The summed E-state index contributed by atoms with van der Waals surface area (Å²) < 4.78 is 0. The van der Waals surface area contributed by atoms with Crippen molar-refractivity contribution in [2.24, 2.45) is 0 Å². The Morgan fingerprint density at radius 1 is 1.06 bits per heavy atom. The molecule has 0 unspecified atom stereocenters. The van der Waals surface area contributed by atoms with Crippen LogP contribution < -0.4 is 0 Å². The Morgan fingerprint density at radius 3 is 1.65 bits per heavy atom. The summed E-state index contributed by atoms with van der Waals surface area (Å²) in [6.45, 7) is 15.0. The lowest BCUT2D eigenvalue weighted by molar-refractivity contribution is -0.132. The maximum Gasteiger partial charge on any atom is 0.330 e. The molecule has 1 N–H and O–H groups in total. The third-order valence-corrected chi connectivity index (χ3v) is 8.46. The lowest BCUT2D eigenvalue weighted by atomic mass is 10.3. The molecule has 0 radical (unpaired) electrons. The van der Waals surface area contributed by atoms with Gasteiger partial charge in [0.05, 0.1) is 8.07 Å². The van der Waals surface area contributed by atoms with E-state index in [1.807, 2.05) is 25.2 Å². The second-order valence-electron chi connectivity index (χ2n) is 4.31. The number of carboxylic acids is 1. The van der Waals surface area contributed by atoms with Crippen LogP contribution in [-0.2, 0) is 4.79 Å². The van der Waals surface area contributed by atoms with Crippen molar-refractivity contribution in [1.29, 1.82) is 0 Å². The molecule has 0 atom stereocenters. The molecule has 0 saturated heterocycles. The minimum atomic E-state index is -1.88. The maximum absolute atomic E-state index is 11.1. The molecule has 0 saturated carbocycles. The maximum atomic E-state index is 11.1. The summed E-state index contributed by atoms with van der Waals surface area (Å²) in [4.78, 5) is 11.1. The third kappa shape index (κ3) is 3.86. The molecule has 0 heterocycles. The second-order valence-corrected chi connectivity index (χ2v) is 8.85. The van der Waals surface area contributed by atoms with E-state index in [-0.39, 0.29) is 0 Å². The molecule has 0 bridgehead atoms. The number of aliphatic carboxylic acids is 1. The SMILES string of the molecule is C=CC[Si](CC=C)(CC=C)/C(C)=C(\C)C(=O)O. The molecule has 0 aliphatic rings. The van der Waals surface area contributed by atoms with Crippen molar-refractivity contribution in [2.45, 2.75) is 32.0 Å². The quantitative estimate of drug-likeness (QED) is 0.402. The molecular weight excluding hydrogens is 228 g/mol. The van der Waals surface area contributed by atoms with Gasteiger partial charge < -0.3 is 5.11 Å². The van der Waals surface area contributed by atoms with Crippen LogP contribution >= 0.6 is 0 Å². The normalized spacial score (nSPS) is 12.6. The van der Waals surface area contributed by atoms with E-state index >= 15 is 0 Å². The lowest BCUT2D eigenvalue weighted by Crippen LogP contribution is -2.35. The highest BCUT2D eigenvalue weighted by molar-refractivity contribution is 6.87. The summed E-state index contributed by atoms with van der Waals surface area (Å²) in [5.74, 6) is -0.837. The van der Waals surface area contributed by atoms with Gasteiger partial charge in [0, 0.05) is 5.57 Å². The van der Waals surface area contributed by atoms with Gasteiger partial charge in [0.2, 0.25) is 0 Å². The summed E-state index contributed by atoms with van der Waals surface area (Å²) in [6.07, 6.45) is 5.66. The van der Waals surface area contributed by atoms with Gasteiger partial charge in [-0.1, -0.05) is 23.4 Å². The molecule has 0 aliphatic heterocycles. The van der Waals surface area contributed by atoms with Crippen molar-refractivity contribution >= 4 is 14.0 Å². The number of hydrogen-bond donors (Lipinski definition) is 1. The zero-order valence-corrected chi connectivity index (χ0v) is 11.8. The highest BCUT2D eigenvalue weighted by atomic mass is 28.3. The topological polar surface area (TPSA) is 37.3 Å². The van der Waals surface area contributed by atoms with E-state index in [1.54, 1.807) is 6.92 Å². The van der Waals surface area contributed by atoms with Crippen LogP contribution in [0.1, 0.15) is 13.8 Å². The molecule has 0 aromatic heterocycles. The fourth-order valence-electron chi connectivity index (χ4n) is 2.10. The Morgan fingerprint density at radius 2 is 1.41 bits per heavy atom. The summed E-state index contributed by atoms with van der Waals surface area (Å²) in [7, 11) is -1.88. The van der Waals surface area contributed by atoms with E-state index < -0.39 is 14.0 Å². The highest BCUT2D eigenvalue weighted by Gasteiger charge is 2.33. The molecule has 0 aromatic carbocycles. The molecule has 0 amide bonds. The zero-order chi connectivity index (χ0) is 13.5. The van der Waals surface area contributed by atoms with Gasteiger partial charge in [0.25, 0.3) is 0 Å². The second kappa shape index (κ2) is 7.07. The van der Waals surface area contributed by atoms with Crippen LogP contribution in [0.5, 0.6) is 0 Å². The predicted octanol–water partition coefficient (Wildman–Crippen LogP) is 3.95. The number of carbonyl (C=O) groups is 1. The van der Waals surface area contributed by atoms with Crippen molar-refractivity contribution in [3.05, 3.63) is 48.7 Å².